The number of anilines is 2. The quantitative estimate of drug-likeness (QED) is 0.586. The monoisotopic (exact) mass is 147 g/mol. The molecular formula is C8H9N3. The zero-order valence-electron chi connectivity index (χ0n) is 6.26. The first kappa shape index (κ1) is 7.42. The maximum atomic E-state index is 8.58. The Morgan fingerprint density at radius 2 is 2.27 bits per heavy atom. The minimum Gasteiger partial charge on any atom is -0.396 e. The molecule has 0 fully saturated rings. The highest BCUT2D eigenvalue weighted by Gasteiger charge is 2.00. The van der Waals surface area contributed by atoms with Crippen LogP contribution in [0.1, 0.15) is 5.56 Å². The van der Waals surface area contributed by atoms with Crippen LogP contribution < -0.4 is 11.1 Å². The van der Waals surface area contributed by atoms with Gasteiger partial charge in [0.1, 0.15) is 6.07 Å². The van der Waals surface area contributed by atoms with E-state index in [4.69, 9.17) is 11.0 Å². The van der Waals surface area contributed by atoms with Crippen molar-refractivity contribution >= 4 is 11.4 Å². The maximum Gasteiger partial charge on any atom is 0.101 e. The second-order valence-electron chi connectivity index (χ2n) is 2.13. The van der Waals surface area contributed by atoms with Gasteiger partial charge in [0.2, 0.25) is 0 Å². The maximum absolute atomic E-state index is 8.58. The normalized spacial score (nSPS) is 8.73. The Bertz CT molecular complexity index is 299. The van der Waals surface area contributed by atoms with Crippen molar-refractivity contribution in [3.8, 4) is 6.07 Å². The summed E-state index contributed by atoms with van der Waals surface area (Å²) < 4.78 is 0. The lowest BCUT2D eigenvalue weighted by molar-refractivity contribution is 1.46. The smallest absolute Gasteiger partial charge is 0.101 e. The fourth-order valence-electron chi connectivity index (χ4n) is 0.881. The fraction of sp³-hybridized carbons (Fsp3) is 0.125. The summed E-state index contributed by atoms with van der Waals surface area (Å²) in [7, 11) is 1.77. The lowest BCUT2D eigenvalue weighted by atomic mass is 10.2. The lowest BCUT2D eigenvalue weighted by Gasteiger charge is -2.04. The van der Waals surface area contributed by atoms with Gasteiger partial charge in [-0.05, 0) is 12.1 Å². The molecule has 0 atom stereocenters. The Labute approximate surface area is 65.4 Å². The topological polar surface area (TPSA) is 61.8 Å². The molecule has 3 N–H and O–H groups in total. The number of nitriles is 1. The van der Waals surface area contributed by atoms with Crippen molar-refractivity contribution in [2.45, 2.75) is 0 Å². The molecule has 1 aromatic rings. The Morgan fingerprint density at radius 1 is 1.55 bits per heavy atom. The molecule has 0 aliphatic rings. The van der Waals surface area contributed by atoms with E-state index in [1.807, 2.05) is 12.1 Å². The molecule has 0 saturated heterocycles. The Hall–Kier alpha value is -1.69. The van der Waals surface area contributed by atoms with E-state index in [0.717, 1.165) is 5.69 Å². The Kier molecular flexibility index (Phi) is 1.98. The molecule has 0 bridgehead atoms. The molecule has 0 aliphatic heterocycles. The summed E-state index contributed by atoms with van der Waals surface area (Å²) in [6.45, 7) is 0. The SMILES string of the molecule is CNc1cccc(C#N)c1N. The molecule has 0 aliphatic carbocycles. The molecule has 56 valence electrons. The minimum absolute atomic E-state index is 0.511. The molecule has 0 radical (unpaired) electrons. The van der Waals surface area contributed by atoms with Crippen LogP contribution in [0.2, 0.25) is 0 Å². The van der Waals surface area contributed by atoms with Gasteiger partial charge in [-0.15, -0.1) is 0 Å². The molecule has 1 rings (SSSR count). The van der Waals surface area contributed by atoms with Crippen LogP contribution in [-0.2, 0) is 0 Å². The second kappa shape index (κ2) is 2.93. The largest absolute Gasteiger partial charge is 0.396 e. The first-order valence-corrected chi connectivity index (χ1v) is 3.26. The van der Waals surface area contributed by atoms with E-state index in [2.05, 4.69) is 5.32 Å². The summed E-state index contributed by atoms with van der Waals surface area (Å²) in [4.78, 5) is 0. The average molecular weight is 147 g/mol. The van der Waals surface area contributed by atoms with E-state index in [0.29, 0.717) is 11.3 Å². The first-order valence-electron chi connectivity index (χ1n) is 3.26. The number of benzene rings is 1. The number of rotatable bonds is 1. The number of nitrogens with two attached hydrogens (primary N) is 1. The molecule has 0 saturated carbocycles. The lowest BCUT2D eigenvalue weighted by Crippen LogP contribution is -1.97. The summed E-state index contributed by atoms with van der Waals surface area (Å²) in [5.41, 5.74) is 7.44. The fourth-order valence-corrected chi connectivity index (χ4v) is 0.881. The Balaban J connectivity index is 3.23. The van der Waals surface area contributed by atoms with Gasteiger partial charge in [-0.25, -0.2) is 0 Å². The van der Waals surface area contributed by atoms with Crippen LogP contribution in [0.5, 0.6) is 0 Å². The van der Waals surface area contributed by atoms with Gasteiger partial charge in [-0.3, -0.25) is 0 Å². The number of hydrogen-bond donors (Lipinski definition) is 2. The van der Waals surface area contributed by atoms with E-state index in [1.165, 1.54) is 0 Å². The zero-order chi connectivity index (χ0) is 8.27. The predicted octanol–water partition coefficient (Wildman–Crippen LogP) is 1.18. The Morgan fingerprint density at radius 3 is 2.82 bits per heavy atom. The molecule has 0 unspecified atom stereocenters. The highest BCUT2D eigenvalue weighted by molar-refractivity contribution is 5.72. The third-order valence-electron chi connectivity index (χ3n) is 1.50. The molecule has 0 spiro atoms. The van der Waals surface area contributed by atoms with Gasteiger partial charge in [-0.1, -0.05) is 6.07 Å². The van der Waals surface area contributed by atoms with Gasteiger partial charge in [0.05, 0.1) is 16.9 Å². The zero-order valence-corrected chi connectivity index (χ0v) is 6.26. The van der Waals surface area contributed by atoms with Crippen LogP contribution in [0.3, 0.4) is 0 Å². The van der Waals surface area contributed by atoms with Gasteiger partial charge >= 0.3 is 0 Å². The van der Waals surface area contributed by atoms with Gasteiger partial charge in [0.15, 0.2) is 0 Å². The van der Waals surface area contributed by atoms with Crippen molar-refractivity contribution < 1.29 is 0 Å². The van der Waals surface area contributed by atoms with Crippen LogP contribution in [0.15, 0.2) is 18.2 Å². The molecule has 11 heavy (non-hydrogen) atoms. The molecule has 1 aromatic carbocycles. The van der Waals surface area contributed by atoms with Crippen LogP contribution in [0.4, 0.5) is 11.4 Å². The summed E-state index contributed by atoms with van der Waals surface area (Å²) >= 11 is 0. The molecule has 0 heterocycles. The second-order valence-corrected chi connectivity index (χ2v) is 2.13. The van der Waals surface area contributed by atoms with Gasteiger partial charge in [0, 0.05) is 7.05 Å². The highest BCUT2D eigenvalue weighted by atomic mass is 14.8. The summed E-state index contributed by atoms with van der Waals surface area (Å²) in [6, 6.07) is 7.32. The molecule has 0 amide bonds. The molecular weight excluding hydrogens is 138 g/mol. The van der Waals surface area contributed by atoms with Crippen molar-refractivity contribution in [1.82, 2.24) is 0 Å². The van der Waals surface area contributed by atoms with Crippen molar-refractivity contribution in [1.29, 1.82) is 5.26 Å². The minimum atomic E-state index is 0.511. The van der Waals surface area contributed by atoms with Crippen LogP contribution >= 0.6 is 0 Å². The number of para-hydroxylation sites is 1. The van der Waals surface area contributed by atoms with E-state index >= 15 is 0 Å². The van der Waals surface area contributed by atoms with E-state index < -0.39 is 0 Å². The van der Waals surface area contributed by atoms with Crippen LogP contribution in [0, 0.1) is 11.3 Å². The summed E-state index contributed by atoms with van der Waals surface area (Å²) in [5.74, 6) is 0. The summed E-state index contributed by atoms with van der Waals surface area (Å²) in [6.07, 6.45) is 0. The van der Waals surface area contributed by atoms with Crippen molar-refractivity contribution in [2.75, 3.05) is 18.1 Å². The molecule has 3 heteroatoms. The van der Waals surface area contributed by atoms with E-state index in [1.54, 1.807) is 19.2 Å². The molecule has 0 aromatic heterocycles. The standard InChI is InChI=1S/C8H9N3/c1-11-7-4-2-3-6(5-9)8(7)10/h2-4,11H,10H2,1H3. The van der Waals surface area contributed by atoms with Crippen molar-refractivity contribution in [2.24, 2.45) is 0 Å². The van der Waals surface area contributed by atoms with Gasteiger partial charge < -0.3 is 11.1 Å². The number of hydrogen-bond acceptors (Lipinski definition) is 3. The number of nitrogens with zero attached hydrogens (tertiary/aromatic N) is 1. The third-order valence-corrected chi connectivity index (χ3v) is 1.50. The van der Waals surface area contributed by atoms with Crippen molar-refractivity contribution in [3.63, 3.8) is 0 Å². The average Bonchev–Trinajstić information content (AvgIpc) is 2.05. The highest BCUT2D eigenvalue weighted by Crippen LogP contribution is 2.20. The van der Waals surface area contributed by atoms with E-state index in [9.17, 15) is 0 Å². The molecule has 3 nitrogen and oxygen atoms in total. The van der Waals surface area contributed by atoms with Crippen LogP contribution in [0.25, 0.3) is 0 Å². The number of nitrogen functional groups attached to an aromatic ring is 1. The predicted molar refractivity (Wildman–Crippen MR) is 45.1 cm³/mol. The van der Waals surface area contributed by atoms with E-state index in [-0.39, 0.29) is 0 Å². The van der Waals surface area contributed by atoms with Crippen LogP contribution in [-0.4, -0.2) is 7.05 Å². The first-order chi connectivity index (χ1) is 5.29. The van der Waals surface area contributed by atoms with Crippen molar-refractivity contribution in [3.05, 3.63) is 23.8 Å². The third kappa shape index (κ3) is 1.24. The summed E-state index contributed by atoms with van der Waals surface area (Å²) in [5, 5.41) is 11.5. The van der Waals surface area contributed by atoms with Gasteiger partial charge in [0.25, 0.3) is 0 Å². The number of nitrogens with one attached hydrogen (secondary N) is 1. The van der Waals surface area contributed by atoms with Gasteiger partial charge in [-0.2, -0.15) is 5.26 Å².